The van der Waals surface area contributed by atoms with Crippen molar-refractivity contribution in [1.82, 2.24) is 10.2 Å². The number of amides is 1. The molecule has 0 bridgehead atoms. The Balaban J connectivity index is 2.26. The van der Waals surface area contributed by atoms with Gasteiger partial charge in [0.25, 0.3) is 5.91 Å². The highest BCUT2D eigenvalue weighted by Gasteiger charge is 2.11. The van der Waals surface area contributed by atoms with Crippen LogP contribution in [0.2, 0.25) is 0 Å². The quantitative estimate of drug-likeness (QED) is 0.888. The first kappa shape index (κ1) is 12.7. The number of aryl methyl sites for hydroxylation is 2. The first-order chi connectivity index (χ1) is 9.10. The van der Waals surface area contributed by atoms with Crippen LogP contribution in [0.15, 0.2) is 30.3 Å². The zero-order chi connectivity index (χ0) is 13.8. The lowest BCUT2D eigenvalue weighted by Crippen LogP contribution is -2.15. The normalized spacial score (nSPS) is 9.74. The summed E-state index contributed by atoms with van der Waals surface area (Å²) < 4.78 is 0. The lowest BCUT2D eigenvalue weighted by atomic mass is 10.1. The Labute approximate surface area is 110 Å². The fraction of sp³-hybridized carbons (Fsp3) is 0.143. The van der Waals surface area contributed by atoms with Crippen LogP contribution in [0.1, 0.15) is 27.3 Å². The summed E-state index contributed by atoms with van der Waals surface area (Å²) in [6, 6.07) is 10.5. The summed E-state index contributed by atoms with van der Waals surface area (Å²) in [5.41, 5.74) is 2.81. The van der Waals surface area contributed by atoms with Gasteiger partial charge in [-0.15, -0.1) is 0 Å². The average molecular weight is 252 g/mol. The van der Waals surface area contributed by atoms with Crippen LogP contribution in [0.25, 0.3) is 0 Å². The number of anilines is 1. The van der Waals surface area contributed by atoms with Crippen molar-refractivity contribution < 1.29 is 4.79 Å². The molecule has 0 saturated carbocycles. The maximum atomic E-state index is 12.1. The first-order valence-corrected chi connectivity index (χ1v) is 5.72. The minimum atomic E-state index is -0.259. The molecule has 0 aliphatic heterocycles. The smallest absolute Gasteiger partial charge is 0.257 e. The van der Waals surface area contributed by atoms with Crippen LogP contribution in [-0.4, -0.2) is 16.1 Å². The lowest BCUT2D eigenvalue weighted by molar-refractivity contribution is 0.102. The van der Waals surface area contributed by atoms with Gasteiger partial charge in [-0.25, -0.2) is 0 Å². The number of nitrogens with zero attached hydrogens (tertiary/aromatic N) is 3. The highest BCUT2D eigenvalue weighted by atomic mass is 16.1. The fourth-order valence-corrected chi connectivity index (χ4v) is 1.64. The number of hydrogen-bond acceptors (Lipinski definition) is 4. The van der Waals surface area contributed by atoms with E-state index in [0.29, 0.717) is 28.2 Å². The van der Waals surface area contributed by atoms with Gasteiger partial charge in [0.05, 0.1) is 28.6 Å². The van der Waals surface area contributed by atoms with Crippen molar-refractivity contribution in [3.8, 4) is 6.07 Å². The molecule has 1 aromatic carbocycles. The zero-order valence-corrected chi connectivity index (χ0v) is 10.6. The molecule has 0 saturated heterocycles. The number of hydrogen-bond donors (Lipinski definition) is 1. The van der Waals surface area contributed by atoms with Gasteiger partial charge in [-0.05, 0) is 38.1 Å². The SMILES string of the molecule is Cc1cc(C(=O)Nc2cccc(C#N)c2)c(C)nn1. The molecule has 1 amide bonds. The largest absolute Gasteiger partial charge is 0.322 e. The number of aromatic nitrogens is 2. The lowest BCUT2D eigenvalue weighted by Gasteiger charge is -2.07. The van der Waals surface area contributed by atoms with E-state index in [2.05, 4.69) is 15.5 Å². The molecule has 0 unspecified atom stereocenters. The van der Waals surface area contributed by atoms with Gasteiger partial charge < -0.3 is 5.32 Å². The fourth-order valence-electron chi connectivity index (χ4n) is 1.64. The summed E-state index contributed by atoms with van der Waals surface area (Å²) in [4.78, 5) is 12.1. The third kappa shape index (κ3) is 2.93. The van der Waals surface area contributed by atoms with Crippen LogP contribution < -0.4 is 5.32 Å². The molecule has 94 valence electrons. The van der Waals surface area contributed by atoms with Crippen LogP contribution in [0.3, 0.4) is 0 Å². The van der Waals surface area contributed by atoms with Crippen LogP contribution in [0, 0.1) is 25.2 Å². The van der Waals surface area contributed by atoms with E-state index in [9.17, 15) is 4.79 Å². The predicted molar refractivity (Wildman–Crippen MR) is 70.6 cm³/mol. The molecule has 0 aliphatic rings. The molecule has 0 radical (unpaired) electrons. The topological polar surface area (TPSA) is 78.7 Å². The number of benzene rings is 1. The molecular formula is C14H12N4O. The van der Waals surface area contributed by atoms with Gasteiger partial charge in [0, 0.05) is 5.69 Å². The summed E-state index contributed by atoms with van der Waals surface area (Å²) in [5.74, 6) is -0.259. The highest BCUT2D eigenvalue weighted by Crippen LogP contribution is 2.13. The molecule has 19 heavy (non-hydrogen) atoms. The second kappa shape index (κ2) is 5.27. The van der Waals surface area contributed by atoms with Crippen LogP contribution in [-0.2, 0) is 0 Å². The Morgan fingerprint density at radius 2 is 2.05 bits per heavy atom. The Kier molecular flexibility index (Phi) is 3.53. The molecule has 0 aliphatic carbocycles. The molecule has 1 aromatic heterocycles. The molecule has 1 N–H and O–H groups in total. The van der Waals surface area contributed by atoms with Gasteiger partial charge in [-0.1, -0.05) is 6.07 Å². The van der Waals surface area contributed by atoms with E-state index in [1.165, 1.54) is 0 Å². The number of nitriles is 1. The van der Waals surface area contributed by atoms with Crippen molar-refractivity contribution in [2.75, 3.05) is 5.32 Å². The van der Waals surface area contributed by atoms with Crippen molar-refractivity contribution in [2.24, 2.45) is 0 Å². The van der Waals surface area contributed by atoms with E-state index in [1.54, 1.807) is 44.2 Å². The summed E-state index contributed by atoms with van der Waals surface area (Å²) in [5, 5.41) is 19.4. The van der Waals surface area contributed by atoms with E-state index >= 15 is 0 Å². The molecule has 5 heteroatoms. The predicted octanol–water partition coefficient (Wildman–Crippen LogP) is 2.22. The molecule has 2 aromatic rings. The van der Waals surface area contributed by atoms with Crippen molar-refractivity contribution in [2.45, 2.75) is 13.8 Å². The summed E-state index contributed by atoms with van der Waals surface area (Å²) in [6.45, 7) is 3.51. The Morgan fingerprint density at radius 1 is 1.26 bits per heavy atom. The Bertz CT molecular complexity index is 673. The van der Waals surface area contributed by atoms with Crippen molar-refractivity contribution in [1.29, 1.82) is 5.26 Å². The first-order valence-electron chi connectivity index (χ1n) is 5.72. The van der Waals surface area contributed by atoms with E-state index in [-0.39, 0.29) is 5.91 Å². The third-order valence-corrected chi connectivity index (χ3v) is 2.59. The molecule has 2 rings (SSSR count). The molecule has 0 atom stereocenters. The summed E-state index contributed by atoms with van der Waals surface area (Å²) in [6.07, 6.45) is 0. The van der Waals surface area contributed by atoms with E-state index in [0.717, 1.165) is 0 Å². The van der Waals surface area contributed by atoms with Crippen molar-refractivity contribution in [3.05, 3.63) is 52.8 Å². The number of carbonyl (C=O) groups excluding carboxylic acids is 1. The van der Waals surface area contributed by atoms with Gasteiger partial charge in [-0.3, -0.25) is 4.79 Å². The monoisotopic (exact) mass is 252 g/mol. The van der Waals surface area contributed by atoms with E-state index in [4.69, 9.17) is 5.26 Å². The van der Waals surface area contributed by atoms with Crippen LogP contribution >= 0.6 is 0 Å². The molecular weight excluding hydrogens is 240 g/mol. The van der Waals surface area contributed by atoms with Gasteiger partial charge in [-0.2, -0.15) is 15.5 Å². The van der Waals surface area contributed by atoms with Gasteiger partial charge in [0.2, 0.25) is 0 Å². The number of nitrogens with one attached hydrogen (secondary N) is 1. The minimum Gasteiger partial charge on any atom is -0.322 e. The van der Waals surface area contributed by atoms with Crippen LogP contribution in [0.4, 0.5) is 5.69 Å². The summed E-state index contributed by atoms with van der Waals surface area (Å²) >= 11 is 0. The Morgan fingerprint density at radius 3 is 2.79 bits per heavy atom. The maximum absolute atomic E-state index is 12.1. The second-order valence-corrected chi connectivity index (χ2v) is 4.13. The van der Waals surface area contributed by atoms with Crippen LogP contribution in [0.5, 0.6) is 0 Å². The minimum absolute atomic E-state index is 0.259. The number of rotatable bonds is 2. The van der Waals surface area contributed by atoms with Crippen molar-refractivity contribution in [3.63, 3.8) is 0 Å². The number of carbonyl (C=O) groups is 1. The zero-order valence-electron chi connectivity index (χ0n) is 10.6. The molecule has 0 spiro atoms. The average Bonchev–Trinajstić information content (AvgIpc) is 2.41. The molecule has 1 heterocycles. The highest BCUT2D eigenvalue weighted by molar-refractivity contribution is 6.05. The van der Waals surface area contributed by atoms with Crippen molar-refractivity contribution >= 4 is 11.6 Å². The van der Waals surface area contributed by atoms with E-state index in [1.807, 2.05) is 6.07 Å². The van der Waals surface area contributed by atoms with Gasteiger partial charge >= 0.3 is 0 Å². The van der Waals surface area contributed by atoms with E-state index < -0.39 is 0 Å². The van der Waals surface area contributed by atoms with Gasteiger partial charge in [0.1, 0.15) is 0 Å². The standard InChI is InChI=1S/C14H12N4O/c1-9-6-13(10(2)18-17-9)14(19)16-12-5-3-4-11(7-12)8-15/h3-7H,1-2H3,(H,16,19). The maximum Gasteiger partial charge on any atom is 0.257 e. The molecule has 0 fully saturated rings. The molecule has 5 nitrogen and oxygen atoms in total. The second-order valence-electron chi connectivity index (χ2n) is 4.13. The third-order valence-electron chi connectivity index (χ3n) is 2.59. The Hall–Kier alpha value is -2.74. The summed E-state index contributed by atoms with van der Waals surface area (Å²) in [7, 11) is 0. The van der Waals surface area contributed by atoms with Gasteiger partial charge in [0.15, 0.2) is 0 Å².